The van der Waals surface area contributed by atoms with Crippen LogP contribution in [0, 0.1) is 18.6 Å². The minimum atomic E-state index is -0.381. The molecule has 2 rings (SSSR count). The molecular weight excluding hydrogens is 258 g/mol. The van der Waals surface area contributed by atoms with Crippen molar-refractivity contribution in [1.29, 1.82) is 0 Å². The molecular formula is C14H11ClF2O. The molecule has 0 aliphatic rings. The van der Waals surface area contributed by atoms with Crippen LogP contribution in [0.5, 0.6) is 11.5 Å². The molecule has 0 unspecified atom stereocenters. The van der Waals surface area contributed by atoms with Crippen LogP contribution < -0.4 is 4.74 Å². The van der Waals surface area contributed by atoms with Gasteiger partial charge in [-0.05, 0) is 36.8 Å². The Balaban J connectivity index is 2.30. The van der Waals surface area contributed by atoms with E-state index in [1.807, 2.05) is 0 Å². The largest absolute Gasteiger partial charge is 0.457 e. The van der Waals surface area contributed by atoms with Crippen molar-refractivity contribution in [2.24, 2.45) is 0 Å². The lowest BCUT2D eigenvalue weighted by molar-refractivity contribution is 0.470. The highest BCUT2D eigenvalue weighted by Gasteiger charge is 2.07. The van der Waals surface area contributed by atoms with Gasteiger partial charge in [-0.25, -0.2) is 8.78 Å². The van der Waals surface area contributed by atoms with Gasteiger partial charge in [0.15, 0.2) is 0 Å². The Morgan fingerprint density at radius 3 is 2.56 bits per heavy atom. The average molecular weight is 269 g/mol. The maximum absolute atomic E-state index is 13.4. The van der Waals surface area contributed by atoms with Gasteiger partial charge in [-0.15, -0.1) is 11.6 Å². The van der Waals surface area contributed by atoms with Crippen LogP contribution in [0.2, 0.25) is 0 Å². The molecule has 0 bridgehead atoms. The van der Waals surface area contributed by atoms with E-state index in [4.69, 9.17) is 16.3 Å². The summed E-state index contributed by atoms with van der Waals surface area (Å²) in [6, 6.07) is 8.61. The number of ether oxygens (including phenoxy) is 1. The summed E-state index contributed by atoms with van der Waals surface area (Å²) in [7, 11) is 0. The molecule has 0 spiro atoms. The van der Waals surface area contributed by atoms with Crippen molar-refractivity contribution in [3.63, 3.8) is 0 Å². The first kappa shape index (κ1) is 12.8. The van der Waals surface area contributed by atoms with Gasteiger partial charge in [-0.3, -0.25) is 0 Å². The zero-order chi connectivity index (χ0) is 13.1. The molecule has 2 aromatic carbocycles. The Bertz CT molecular complexity index is 570. The van der Waals surface area contributed by atoms with Crippen molar-refractivity contribution >= 4 is 11.6 Å². The second-order valence-corrected chi connectivity index (χ2v) is 4.17. The van der Waals surface area contributed by atoms with Gasteiger partial charge in [0, 0.05) is 11.6 Å². The first-order valence-corrected chi connectivity index (χ1v) is 5.92. The van der Waals surface area contributed by atoms with Crippen LogP contribution in [0.4, 0.5) is 8.78 Å². The summed E-state index contributed by atoms with van der Waals surface area (Å²) in [4.78, 5) is 0. The van der Waals surface area contributed by atoms with Crippen LogP contribution in [-0.4, -0.2) is 0 Å². The lowest BCUT2D eigenvalue weighted by Gasteiger charge is -2.10. The van der Waals surface area contributed by atoms with E-state index in [0.29, 0.717) is 22.6 Å². The Kier molecular flexibility index (Phi) is 3.82. The normalized spacial score (nSPS) is 10.4. The van der Waals surface area contributed by atoms with Crippen LogP contribution >= 0.6 is 11.6 Å². The number of alkyl halides is 1. The summed E-state index contributed by atoms with van der Waals surface area (Å²) < 4.78 is 31.9. The summed E-state index contributed by atoms with van der Waals surface area (Å²) >= 11 is 5.71. The SMILES string of the molecule is Cc1ccc(Oc2ccc(F)cc2CCl)cc1F. The average Bonchev–Trinajstić information content (AvgIpc) is 2.36. The van der Waals surface area contributed by atoms with E-state index in [1.165, 1.54) is 24.3 Å². The summed E-state index contributed by atoms with van der Waals surface area (Å²) in [6.07, 6.45) is 0. The van der Waals surface area contributed by atoms with E-state index in [-0.39, 0.29) is 17.5 Å². The third kappa shape index (κ3) is 2.79. The van der Waals surface area contributed by atoms with Gasteiger partial charge < -0.3 is 4.74 Å². The quantitative estimate of drug-likeness (QED) is 0.726. The molecule has 0 aromatic heterocycles. The molecule has 0 amide bonds. The van der Waals surface area contributed by atoms with Crippen molar-refractivity contribution in [2.45, 2.75) is 12.8 Å². The molecule has 4 heteroatoms. The topological polar surface area (TPSA) is 9.23 Å². The van der Waals surface area contributed by atoms with Gasteiger partial charge in [0.2, 0.25) is 0 Å². The summed E-state index contributed by atoms with van der Waals surface area (Å²) in [5.74, 6) is 0.183. The third-order valence-electron chi connectivity index (χ3n) is 2.54. The van der Waals surface area contributed by atoms with E-state index < -0.39 is 0 Å². The van der Waals surface area contributed by atoms with Gasteiger partial charge >= 0.3 is 0 Å². The standard InChI is InChI=1S/C14H11ClF2O/c1-9-2-4-12(7-13(9)17)18-14-5-3-11(16)6-10(14)8-15/h2-7H,8H2,1H3. The lowest BCUT2D eigenvalue weighted by atomic mass is 10.2. The van der Waals surface area contributed by atoms with Gasteiger partial charge in [0.05, 0.1) is 5.88 Å². The van der Waals surface area contributed by atoms with Gasteiger partial charge in [-0.1, -0.05) is 6.07 Å². The lowest BCUT2D eigenvalue weighted by Crippen LogP contribution is -1.92. The Labute approximate surface area is 109 Å². The van der Waals surface area contributed by atoms with Crippen LogP contribution in [-0.2, 0) is 5.88 Å². The molecule has 94 valence electrons. The molecule has 0 heterocycles. The molecule has 0 aliphatic carbocycles. The summed E-state index contributed by atoms with van der Waals surface area (Å²) in [5, 5.41) is 0. The van der Waals surface area contributed by atoms with Crippen molar-refractivity contribution in [1.82, 2.24) is 0 Å². The molecule has 0 aliphatic heterocycles. The number of hydrogen-bond acceptors (Lipinski definition) is 1. The van der Waals surface area contributed by atoms with Gasteiger partial charge in [0.25, 0.3) is 0 Å². The Morgan fingerprint density at radius 2 is 1.89 bits per heavy atom. The van der Waals surface area contributed by atoms with Crippen molar-refractivity contribution < 1.29 is 13.5 Å². The van der Waals surface area contributed by atoms with Crippen LogP contribution in [0.1, 0.15) is 11.1 Å². The molecule has 18 heavy (non-hydrogen) atoms. The molecule has 0 N–H and O–H groups in total. The first-order chi connectivity index (χ1) is 8.60. The predicted octanol–water partition coefficient (Wildman–Crippen LogP) is 4.80. The van der Waals surface area contributed by atoms with Crippen LogP contribution in [0.15, 0.2) is 36.4 Å². The summed E-state index contributed by atoms with van der Waals surface area (Å²) in [6.45, 7) is 1.67. The molecule has 0 atom stereocenters. The minimum Gasteiger partial charge on any atom is -0.457 e. The molecule has 2 aromatic rings. The molecule has 0 saturated carbocycles. The van der Waals surface area contributed by atoms with E-state index in [1.54, 1.807) is 19.1 Å². The molecule has 0 saturated heterocycles. The van der Waals surface area contributed by atoms with E-state index in [0.717, 1.165) is 0 Å². The first-order valence-electron chi connectivity index (χ1n) is 5.38. The minimum absolute atomic E-state index is 0.126. The molecule has 1 nitrogen and oxygen atoms in total. The summed E-state index contributed by atoms with van der Waals surface area (Å²) in [5.41, 5.74) is 1.07. The maximum atomic E-state index is 13.4. The van der Waals surface area contributed by atoms with Crippen molar-refractivity contribution in [2.75, 3.05) is 0 Å². The van der Waals surface area contributed by atoms with E-state index in [2.05, 4.69) is 0 Å². The van der Waals surface area contributed by atoms with Gasteiger partial charge in [-0.2, -0.15) is 0 Å². The zero-order valence-electron chi connectivity index (χ0n) is 9.71. The predicted molar refractivity (Wildman–Crippen MR) is 67.2 cm³/mol. The van der Waals surface area contributed by atoms with Crippen LogP contribution in [0.25, 0.3) is 0 Å². The fraction of sp³-hybridized carbons (Fsp3) is 0.143. The third-order valence-corrected chi connectivity index (χ3v) is 2.83. The highest BCUT2D eigenvalue weighted by Crippen LogP contribution is 2.28. The smallest absolute Gasteiger partial charge is 0.132 e. The monoisotopic (exact) mass is 268 g/mol. The highest BCUT2D eigenvalue weighted by atomic mass is 35.5. The Hall–Kier alpha value is -1.61. The number of hydrogen-bond donors (Lipinski definition) is 0. The van der Waals surface area contributed by atoms with Crippen LogP contribution in [0.3, 0.4) is 0 Å². The fourth-order valence-corrected chi connectivity index (χ4v) is 1.72. The second kappa shape index (κ2) is 5.36. The Morgan fingerprint density at radius 1 is 1.11 bits per heavy atom. The number of aryl methyl sites for hydroxylation is 1. The molecule has 0 fully saturated rings. The fourth-order valence-electron chi connectivity index (χ4n) is 1.52. The van der Waals surface area contributed by atoms with Crippen molar-refractivity contribution in [3.8, 4) is 11.5 Å². The number of rotatable bonds is 3. The zero-order valence-corrected chi connectivity index (χ0v) is 10.5. The van der Waals surface area contributed by atoms with Gasteiger partial charge in [0.1, 0.15) is 23.1 Å². The molecule has 0 radical (unpaired) electrons. The van der Waals surface area contributed by atoms with E-state index in [9.17, 15) is 8.78 Å². The number of halogens is 3. The second-order valence-electron chi connectivity index (χ2n) is 3.90. The van der Waals surface area contributed by atoms with E-state index >= 15 is 0 Å². The highest BCUT2D eigenvalue weighted by molar-refractivity contribution is 6.17. The maximum Gasteiger partial charge on any atom is 0.132 e. The number of benzene rings is 2. The van der Waals surface area contributed by atoms with Crippen molar-refractivity contribution in [3.05, 3.63) is 59.2 Å².